The van der Waals surface area contributed by atoms with Crippen molar-refractivity contribution in [1.82, 2.24) is 9.47 Å². The van der Waals surface area contributed by atoms with Gasteiger partial charge in [0.2, 0.25) is 5.91 Å². The molecule has 134 valence electrons. The number of hydrogen-bond acceptors (Lipinski definition) is 4. The predicted molar refractivity (Wildman–Crippen MR) is 120 cm³/mol. The first kappa shape index (κ1) is 18.5. The number of nitrogens with zero attached hydrogens (tertiary/aromatic N) is 2. The van der Waals surface area contributed by atoms with Crippen LogP contribution in [-0.2, 0) is 11.3 Å². The van der Waals surface area contributed by atoms with E-state index in [0.29, 0.717) is 6.54 Å². The molecule has 0 unspecified atom stereocenters. The van der Waals surface area contributed by atoms with Gasteiger partial charge >= 0.3 is 0 Å². The monoisotopic (exact) mass is 592 g/mol. The van der Waals surface area contributed by atoms with Gasteiger partial charge < -0.3 is 9.67 Å². The summed E-state index contributed by atoms with van der Waals surface area (Å²) in [6, 6.07) is 12.5. The zero-order chi connectivity index (χ0) is 18.4. The minimum absolute atomic E-state index is 0.0283. The molecule has 1 saturated heterocycles. The molecule has 3 aromatic rings. The minimum Gasteiger partial charge on any atom is -0.389 e. The Kier molecular flexibility index (Phi) is 5.19. The van der Waals surface area contributed by atoms with E-state index in [9.17, 15) is 14.7 Å². The zero-order valence-electron chi connectivity index (χ0n) is 13.5. The molecule has 2 heterocycles. The third kappa shape index (κ3) is 3.36. The van der Waals surface area contributed by atoms with E-state index in [1.807, 2.05) is 12.1 Å². The number of halogens is 2. The van der Waals surface area contributed by atoms with Gasteiger partial charge in [-0.25, -0.2) is 0 Å². The van der Waals surface area contributed by atoms with Crippen LogP contribution in [0.25, 0.3) is 21.8 Å². The molecule has 1 N–H and O–H groups in total. The largest absolute Gasteiger partial charge is 0.389 e. The van der Waals surface area contributed by atoms with Crippen molar-refractivity contribution in [3.8, 4) is 0 Å². The van der Waals surface area contributed by atoms with Crippen molar-refractivity contribution in [3.05, 3.63) is 43.5 Å². The number of β-amino-alcohol motifs (C(OH)–C–C–N with tert-alkyl or cyclic N) is 1. The van der Waals surface area contributed by atoms with Crippen LogP contribution >= 0.6 is 56.9 Å². The minimum atomic E-state index is -0.820. The highest BCUT2D eigenvalue weighted by atomic mass is 127. The van der Waals surface area contributed by atoms with E-state index in [1.54, 1.807) is 0 Å². The van der Waals surface area contributed by atoms with Gasteiger partial charge in [0.05, 0.1) is 24.9 Å². The Balaban J connectivity index is 1.73. The molecule has 0 radical (unpaired) electrons. The number of fused-ring (bicyclic) bond motifs is 3. The number of hydrogen-bond donors (Lipinski definition) is 1. The number of aromatic nitrogens is 1. The van der Waals surface area contributed by atoms with Crippen LogP contribution in [0.2, 0.25) is 0 Å². The fraction of sp³-hybridized carbons (Fsp3) is 0.222. The highest BCUT2D eigenvalue weighted by molar-refractivity contribution is 14.1. The third-order valence-corrected chi connectivity index (χ3v) is 6.62. The number of aliphatic hydroxyl groups is 1. The number of aliphatic hydroxyl groups excluding tert-OH is 1. The van der Waals surface area contributed by atoms with Gasteiger partial charge in [0.15, 0.2) is 0 Å². The van der Waals surface area contributed by atoms with E-state index < -0.39 is 6.10 Å². The molecule has 1 aliphatic heterocycles. The molecule has 26 heavy (non-hydrogen) atoms. The van der Waals surface area contributed by atoms with Crippen molar-refractivity contribution in [3.63, 3.8) is 0 Å². The summed E-state index contributed by atoms with van der Waals surface area (Å²) in [5.74, 6) is -0.0666. The quantitative estimate of drug-likeness (QED) is 0.465. The smallest absolute Gasteiger partial charge is 0.288 e. The Morgan fingerprint density at radius 2 is 1.58 bits per heavy atom. The van der Waals surface area contributed by atoms with Gasteiger partial charge in [-0.2, -0.15) is 0 Å². The first-order valence-corrected chi connectivity index (χ1v) is 11.1. The van der Waals surface area contributed by atoms with Gasteiger partial charge in [0.25, 0.3) is 5.24 Å². The molecule has 0 saturated carbocycles. The lowest BCUT2D eigenvalue weighted by atomic mass is 10.2. The summed E-state index contributed by atoms with van der Waals surface area (Å²) < 4.78 is 4.37. The normalized spacial score (nSPS) is 16.2. The number of carbonyl (C=O) groups excluding carboxylic acids is 2. The molecule has 4 rings (SSSR count). The molecule has 2 amide bonds. The molecule has 5 nitrogen and oxygen atoms in total. The summed E-state index contributed by atoms with van der Waals surface area (Å²) in [6.07, 6.45) is -0.820. The van der Waals surface area contributed by atoms with Gasteiger partial charge in [-0.15, -0.1) is 0 Å². The average Bonchev–Trinajstić information content (AvgIpc) is 3.07. The summed E-state index contributed by atoms with van der Waals surface area (Å²) >= 11 is 5.58. The molecule has 2 aromatic carbocycles. The van der Waals surface area contributed by atoms with Crippen molar-refractivity contribution in [2.75, 3.05) is 12.3 Å². The highest BCUT2D eigenvalue weighted by Crippen LogP contribution is 2.32. The summed E-state index contributed by atoms with van der Waals surface area (Å²) in [7, 11) is 0. The standard InChI is InChI=1S/C18H14I2N2O3S/c19-10-1-3-15-13(5-10)14-6-11(20)2-4-16(14)21(15)7-12(23)8-22-17(24)9-26-18(22)25/h1-6,12,23H,7-9H2/t12-/m1/s1. The van der Waals surface area contributed by atoms with Gasteiger partial charge in [0, 0.05) is 28.9 Å². The first-order chi connectivity index (χ1) is 12.4. The Labute approximate surface area is 181 Å². The summed E-state index contributed by atoms with van der Waals surface area (Å²) in [5.41, 5.74) is 2.07. The Bertz CT molecular complexity index is 975. The van der Waals surface area contributed by atoms with E-state index in [4.69, 9.17) is 0 Å². The maximum absolute atomic E-state index is 11.8. The van der Waals surface area contributed by atoms with Crippen LogP contribution in [-0.4, -0.2) is 44.1 Å². The van der Waals surface area contributed by atoms with Crippen LogP contribution in [0.4, 0.5) is 4.79 Å². The number of thioether (sulfide) groups is 1. The van der Waals surface area contributed by atoms with Crippen LogP contribution in [0.3, 0.4) is 0 Å². The fourth-order valence-corrected chi connectivity index (χ4v) is 5.00. The van der Waals surface area contributed by atoms with Crippen molar-refractivity contribution in [2.24, 2.45) is 0 Å². The second-order valence-corrected chi connectivity index (χ2v) is 9.56. The molecule has 0 spiro atoms. The molecule has 0 bridgehead atoms. The average molecular weight is 592 g/mol. The topological polar surface area (TPSA) is 62.5 Å². The van der Waals surface area contributed by atoms with E-state index in [2.05, 4.69) is 74.0 Å². The number of imide groups is 1. The number of benzene rings is 2. The van der Waals surface area contributed by atoms with Crippen molar-refractivity contribution >= 4 is 89.9 Å². The third-order valence-electron chi connectivity index (χ3n) is 4.42. The van der Waals surface area contributed by atoms with E-state index in [-0.39, 0.29) is 23.4 Å². The summed E-state index contributed by atoms with van der Waals surface area (Å²) in [4.78, 5) is 24.7. The highest BCUT2D eigenvalue weighted by Gasteiger charge is 2.31. The van der Waals surface area contributed by atoms with Gasteiger partial charge in [-0.3, -0.25) is 14.5 Å². The Morgan fingerprint density at radius 3 is 2.08 bits per heavy atom. The lowest BCUT2D eigenvalue weighted by Crippen LogP contribution is -2.37. The van der Waals surface area contributed by atoms with E-state index in [1.165, 1.54) is 0 Å². The maximum Gasteiger partial charge on any atom is 0.288 e. The molecule has 8 heteroatoms. The van der Waals surface area contributed by atoms with E-state index >= 15 is 0 Å². The molecule has 1 atom stereocenters. The molecular formula is C18H14I2N2O3S. The van der Waals surface area contributed by atoms with Crippen molar-refractivity contribution in [1.29, 1.82) is 0 Å². The number of carbonyl (C=O) groups is 2. The summed E-state index contributed by atoms with van der Waals surface area (Å²) in [5, 5.41) is 12.6. The first-order valence-electron chi connectivity index (χ1n) is 7.96. The molecule has 1 aliphatic rings. The number of rotatable bonds is 4. The molecule has 1 aromatic heterocycles. The van der Waals surface area contributed by atoms with Crippen molar-refractivity contribution < 1.29 is 14.7 Å². The maximum atomic E-state index is 11.8. The number of amides is 2. The summed E-state index contributed by atoms with van der Waals surface area (Å²) in [6.45, 7) is 0.351. The predicted octanol–water partition coefficient (Wildman–Crippen LogP) is 4.06. The molecule has 0 aliphatic carbocycles. The van der Waals surface area contributed by atoms with Gasteiger partial charge in [-0.05, 0) is 81.6 Å². The Hall–Kier alpha value is -0.850. The van der Waals surface area contributed by atoms with Crippen LogP contribution in [0.1, 0.15) is 0 Å². The lowest BCUT2D eigenvalue weighted by molar-refractivity contribution is -0.125. The van der Waals surface area contributed by atoms with Crippen LogP contribution in [0.15, 0.2) is 36.4 Å². The lowest BCUT2D eigenvalue weighted by Gasteiger charge is -2.19. The SMILES string of the molecule is O=C1CSC(=O)N1C[C@H](O)Cn1c2ccc(I)cc2c2cc(I)ccc21. The van der Waals surface area contributed by atoms with Crippen LogP contribution in [0, 0.1) is 7.14 Å². The van der Waals surface area contributed by atoms with Gasteiger partial charge in [-0.1, -0.05) is 11.8 Å². The Morgan fingerprint density at radius 1 is 1.00 bits per heavy atom. The van der Waals surface area contributed by atoms with Gasteiger partial charge in [0.1, 0.15) is 0 Å². The zero-order valence-corrected chi connectivity index (χ0v) is 18.6. The van der Waals surface area contributed by atoms with E-state index in [0.717, 1.165) is 45.6 Å². The second kappa shape index (κ2) is 7.28. The van der Waals surface area contributed by atoms with Crippen LogP contribution in [0.5, 0.6) is 0 Å². The fourth-order valence-electron chi connectivity index (χ4n) is 3.28. The van der Waals surface area contributed by atoms with Crippen molar-refractivity contribution in [2.45, 2.75) is 12.6 Å². The molecule has 1 fully saturated rings. The second-order valence-electron chi connectivity index (χ2n) is 6.15. The van der Waals surface area contributed by atoms with Crippen LogP contribution < -0.4 is 0 Å². The molecular weight excluding hydrogens is 578 g/mol.